The first kappa shape index (κ1) is 11.8. The Labute approximate surface area is 104 Å². The largest absolute Gasteiger partial charge is 0.339 e. The molecule has 17 heavy (non-hydrogen) atoms. The van der Waals surface area contributed by atoms with Crippen molar-refractivity contribution < 1.29 is 4.52 Å². The van der Waals surface area contributed by atoms with E-state index in [1.165, 1.54) is 0 Å². The fraction of sp³-hybridized carbons (Fsp3) is 0.417. The zero-order chi connectivity index (χ0) is 12.3. The molecule has 1 atom stereocenters. The topological polar surface area (TPSA) is 62.7 Å². The van der Waals surface area contributed by atoms with E-state index in [1.807, 2.05) is 19.2 Å². The van der Waals surface area contributed by atoms with Crippen molar-refractivity contribution in [1.29, 1.82) is 5.26 Å². The third-order valence-corrected chi connectivity index (χ3v) is 3.39. The number of nitriles is 1. The molecule has 2 rings (SSSR count). The minimum atomic E-state index is 0.247. The van der Waals surface area contributed by atoms with Crippen LogP contribution in [0.5, 0.6) is 0 Å². The van der Waals surface area contributed by atoms with Crippen molar-refractivity contribution >= 4 is 11.3 Å². The van der Waals surface area contributed by atoms with Gasteiger partial charge in [0.2, 0.25) is 11.7 Å². The van der Waals surface area contributed by atoms with Crippen LogP contribution in [0, 0.1) is 24.2 Å². The van der Waals surface area contributed by atoms with Crippen molar-refractivity contribution in [2.24, 2.45) is 5.92 Å². The lowest BCUT2D eigenvalue weighted by Gasteiger charge is -2.00. The molecule has 2 aromatic heterocycles. The summed E-state index contributed by atoms with van der Waals surface area (Å²) in [4.78, 5) is 4.36. The summed E-state index contributed by atoms with van der Waals surface area (Å²) in [5.74, 6) is 1.49. The number of thiophene rings is 1. The quantitative estimate of drug-likeness (QED) is 0.832. The lowest BCUT2D eigenvalue weighted by atomic mass is 10.1. The Hall–Kier alpha value is -1.67. The zero-order valence-electron chi connectivity index (χ0n) is 9.80. The van der Waals surface area contributed by atoms with Gasteiger partial charge in [-0.2, -0.15) is 21.6 Å². The molecule has 0 spiro atoms. The fourth-order valence-electron chi connectivity index (χ4n) is 1.56. The average molecular weight is 247 g/mol. The van der Waals surface area contributed by atoms with Crippen LogP contribution < -0.4 is 0 Å². The van der Waals surface area contributed by atoms with E-state index in [1.54, 1.807) is 11.3 Å². The molecule has 0 aliphatic heterocycles. The number of hydrogen-bond acceptors (Lipinski definition) is 5. The molecule has 0 aliphatic carbocycles. The third-order valence-electron chi connectivity index (χ3n) is 2.53. The Bertz CT molecular complexity index is 538. The molecule has 88 valence electrons. The summed E-state index contributed by atoms with van der Waals surface area (Å²) in [5, 5.41) is 16.6. The molecule has 0 saturated carbocycles. The molecule has 4 nitrogen and oxygen atoms in total. The molecule has 0 amide bonds. The predicted molar refractivity (Wildman–Crippen MR) is 65.4 cm³/mol. The Morgan fingerprint density at radius 1 is 1.53 bits per heavy atom. The van der Waals surface area contributed by atoms with Gasteiger partial charge in [0.05, 0.1) is 6.07 Å². The number of aryl methyl sites for hydroxylation is 1. The Morgan fingerprint density at radius 2 is 2.35 bits per heavy atom. The van der Waals surface area contributed by atoms with Crippen LogP contribution in [-0.2, 0) is 6.42 Å². The van der Waals surface area contributed by atoms with Crippen molar-refractivity contribution in [1.82, 2.24) is 10.1 Å². The maximum absolute atomic E-state index is 8.59. The highest BCUT2D eigenvalue weighted by atomic mass is 32.1. The Morgan fingerprint density at radius 3 is 3.00 bits per heavy atom. The molecule has 0 aliphatic rings. The maximum Gasteiger partial charge on any atom is 0.227 e. The molecule has 0 saturated heterocycles. The minimum Gasteiger partial charge on any atom is -0.339 e. The molecular weight excluding hydrogens is 234 g/mol. The van der Waals surface area contributed by atoms with Crippen LogP contribution in [0.3, 0.4) is 0 Å². The summed E-state index contributed by atoms with van der Waals surface area (Å²) in [6.45, 7) is 4.03. The van der Waals surface area contributed by atoms with Crippen LogP contribution in [0.4, 0.5) is 0 Å². The first-order valence-electron chi connectivity index (χ1n) is 5.43. The van der Waals surface area contributed by atoms with Crippen LogP contribution in [0.25, 0.3) is 11.4 Å². The molecule has 1 unspecified atom stereocenters. The van der Waals surface area contributed by atoms with E-state index >= 15 is 0 Å². The average Bonchev–Trinajstić information content (AvgIpc) is 2.87. The molecule has 2 aromatic rings. The van der Waals surface area contributed by atoms with E-state index in [2.05, 4.69) is 21.6 Å². The van der Waals surface area contributed by atoms with Crippen LogP contribution in [0.15, 0.2) is 15.3 Å². The summed E-state index contributed by atoms with van der Waals surface area (Å²) in [6, 6.07) is 2.14. The SMILES string of the molecule is Cc1cscc1-c1noc(CC(C)CC#N)n1. The van der Waals surface area contributed by atoms with E-state index < -0.39 is 0 Å². The molecule has 0 fully saturated rings. The van der Waals surface area contributed by atoms with Gasteiger partial charge in [0.15, 0.2) is 0 Å². The smallest absolute Gasteiger partial charge is 0.227 e. The molecular formula is C12H13N3OS. The summed E-state index contributed by atoms with van der Waals surface area (Å²) in [6.07, 6.45) is 1.17. The van der Waals surface area contributed by atoms with E-state index in [9.17, 15) is 0 Å². The van der Waals surface area contributed by atoms with Gasteiger partial charge in [0, 0.05) is 23.8 Å². The molecule has 0 radical (unpaired) electrons. The van der Waals surface area contributed by atoms with Gasteiger partial charge in [-0.15, -0.1) is 0 Å². The maximum atomic E-state index is 8.59. The highest BCUT2D eigenvalue weighted by Gasteiger charge is 2.13. The Balaban J connectivity index is 2.12. The second-order valence-electron chi connectivity index (χ2n) is 4.15. The van der Waals surface area contributed by atoms with Crippen LogP contribution in [0.1, 0.15) is 24.8 Å². The van der Waals surface area contributed by atoms with Crippen LogP contribution in [-0.4, -0.2) is 10.1 Å². The van der Waals surface area contributed by atoms with Crippen molar-refractivity contribution in [3.05, 3.63) is 22.2 Å². The zero-order valence-corrected chi connectivity index (χ0v) is 10.6. The molecule has 0 aromatic carbocycles. The number of rotatable bonds is 4. The van der Waals surface area contributed by atoms with Gasteiger partial charge >= 0.3 is 0 Å². The monoisotopic (exact) mass is 247 g/mol. The second kappa shape index (κ2) is 5.11. The number of aromatic nitrogens is 2. The van der Waals surface area contributed by atoms with E-state index in [0.29, 0.717) is 24.6 Å². The van der Waals surface area contributed by atoms with Gasteiger partial charge in [-0.25, -0.2) is 0 Å². The summed E-state index contributed by atoms with van der Waals surface area (Å²) in [5.41, 5.74) is 2.19. The highest BCUT2D eigenvalue weighted by molar-refractivity contribution is 7.08. The second-order valence-corrected chi connectivity index (χ2v) is 4.90. The third kappa shape index (κ3) is 2.71. The van der Waals surface area contributed by atoms with Crippen LogP contribution >= 0.6 is 11.3 Å². The normalized spacial score (nSPS) is 12.3. The fourth-order valence-corrected chi connectivity index (χ4v) is 2.39. The van der Waals surface area contributed by atoms with Crippen molar-refractivity contribution in [3.8, 4) is 17.5 Å². The number of nitrogens with zero attached hydrogens (tertiary/aromatic N) is 3. The Kier molecular flexibility index (Phi) is 3.55. The number of hydrogen-bond donors (Lipinski definition) is 0. The van der Waals surface area contributed by atoms with E-state index in [-0.39, 0.29) is 5.92 Å². The van der Waals surface area contributed by atoms with Gasteiger partial charge < -0.3 is 4.52 Å². The van der Waals surface area contributed by atoms with Crippen molar-refractivity contribution in [3.63, 3.8) is 0 Å². The predicted octanol–water partition coefficient (Wildman–Crippen LogP) is 3.20. The summed E-state index contributed by atoms with van der Waals surface area (Å²) < 4.78 is 5.19. The van der Waals surface area contributed by atoms with Gasteiger partial charge in [0.1, 0.15) is 0 Å². The van der Waals surface area contributed by atoms with E-state index in [4.69, 9.17) is 9.78 Å². The summed E-state index contributed by atoms with van der Waals surface area (Å²) >= 11 is 1.63. The van der Waals surface area contributed by atoms with E-state index in [0.717, 1.165) is 11.1 Å². The molecule has 0 N–H and O–H groups in total. The van der Waals surface area contributed by atoms with Gasteiger partial charge in [-0.05, 0) is 23.8 Å². The highest BCUT2D eigenvalue weighted by Crippen LogP contribution is 2.24. The summed E-state index contributed by atoms with van der Waals surface area (Å²) in [7, 11) is 0. The minimum absolute atomic E-state index is 0.247. The molecule has 5 heteroatoms. The van der Waals surface area contributed by atoms with Crippen LogP contribution in [0.2, 0.25) is 0 Å². The lowest BCUT2D eigenvalue weighted by molar-refractivity contribution is 0.359. The van der Waals surface area contributed by atoms with Gasteiger partial charge in [-0.3, -0.25) is 0 Å². The molecule has 0 bridgehead atoms. The lowest BCUT2D eigenvalue weighted by Crippen LogP contribution is -1.98. The van der Waals surface area contributed by atoms with Crippen molar-refractivity contribution in [2.45, 2.75) is 26.7 Å². The first-order chi connectivity index (χ1) is 8.20. The van der Waals surface area contributed by atoms with Gasteiger partial charge in [0.25, 0.3) is 0 Å². The van der Waals surface area contributed by atoms with Crippen molar-refractivity contribution in [2.75, 3.05) is 0 Å². The first-order valence-corrected chi connectivity index (χ1v) is 6.37. The van der Waals surface area contributed by atoms with Gasteiger partial charge in [-0.1, -0.05) is 12.1 Å². The molecule has 2 heterocycles. The standard InChI is InChI=1S/C12H13N3OS/c1-8(3-4-13)5-11-14-12(15-16-11)10-7-17-6-9(10)2/h6-8H,3,5H2,1-2H3.